The predicted octanol–water partition coefficient (Wildman–Crippen LogP) is 3.99. The second kappa shape index (κ2) is 9.76. The number of anilines is 2. The lowest BCUT2D eigenvalue weighted by molar-refractivity contribution is -0.0979. The van der Waals surface area contributed by atoms with E-state index in [-0.39, 0.29) is 5.56 Å². The van der Waals surface area contributed by atoms with Crippen molar-refractivity contribution in [2.75, 3.05) is 42.9 Å². The number of hydrogen-bond acceptors (Lipinski definition) is 5. The van der Waals surface area contributed by atoms with Crippen molar-refractivity contribution in [3.05, 3.63) is 68.5 Å². The highest BCUT2D eigenvalue weighted by atomic mass is 35.5. The third-order valence-electron chi connectivity index (χ3n) is 6.34. The average Bonchev–Trinajstić information content (AvgIpc) is 2.81. The van der Waals surface area contributed by atoms with Crippen molar-refractivity contribution in [1.29, 1.82) is 0 Å². The van der Waals surface area contributed by atoms with E-state index >= 15 is 0 Å². The number of carbonyl (C=O) groups excluding carboxylic acids is 1. The highest BCUT2D eigenvalue weighted by Gasteiger charge is 2.20. The molecule has 0 saturated carbocycles. The Labute approximate surface area is 193 Å². The summed E-state index contributed by atoms with van der Waals surface area (Å²) in [5.74, 6) is 0. The van der Waals surface area contributed by atoms with Crippen LogP contribution in [0.5, 0.6) is 0 Å². The summed E-state index contributed by atoms with van der Waals surface area (Å²) in [4.78, 5) is 28.6. The molecule has 1 fully saturated rings. The van der Waals surface area contributed by atoms with Gasteiger partial charge in [-0.2, -0.15) is 0 Å². The van der Waals surface area contributed by atoms with Crippen molar-refractivity contribution < 1.29 is 4.79 Å². The van der Waals surface area contributed by atoms with Gasteiger partial charge in [-0.1, -0.05) is 17.7 Å². The van der Waals surface area contributed by atoms with Crippen LogP contribution in [0, 0.1) is 6.92 Å². The second-order valence-electron chi connectivity index (χ2n) is 8.41. The van der Waals surface area contributed by atoms with Crippen LogP contribution < -0.4 is 15.8 Å². The summed E-state index contributed by atoms with van der Waals surface area (Å²) in [5.41, 5.74) is 6.66. The van der Waals surface area contributed by atoms with Crippen LogP contribution in [0.2, 0.25) is 5.02 Å². The van der Waals surface area contributed by atoms with Crippen LogP contribution in [-0.2, 0) is 17.8 Å². The van der Waals surface area contributed by atoms with E-state index < -0.39 is 0 Å². The molecule has 168 valence electrons. The normalized spacial score (nSPS) is 16.1. The van der Waals surface area contributed by atoms with Crippen LogP contribution >= 0.6 is 11.6 Å². The number of aromatic nitrogens is 1. The SMILES string of the molecule is C=O.Cc1cc(CN2CCN(c3ccc(Cl)cc3)CC2)cc2[nH]c(=O)c3c(c12)NCCC3. The van der Waals surface area contributed by atoms with Crippen LogP contribution in [0.25, 0.3) is 10.9 Å². The molecule has 2 aromatic carbocycles. The Balaban J connectivity index is 0.00000119. The van der Waals surface area contributed by atoms with Crippen LogP contribution in [-0.4, -0.2) is 49.4 Å². The molecule has 32 heavy (non-hydrogen) atoms. The Morgan fingerprint density at radius 2 is 1.78 bits per heavy atom. The van der Waals surface area contributed by atoms with Gasteiger partial charge in [0.2, 0.25) is 0 Å². The molecule has 3 aromatic rings. The third kappa shape index (κ3) is 4.52. The topological polar surface area (TPSA) is 68.4 Å². The molecule has 2 aliphatic heterocycles. The van der Waals surface area contributed by atoms with E-state index in [0.717, 1.165) is 73.9 Å². The highest BCUT2D eigenvalue weighted by Crippen LogP contribution is 2.31. The molecule has 1 saturated heterocycles. The quantitative estimate of drug-likeness (QED) is 0.629. The summed E-state index contributed by atoms with van der Waals surface area (Å²) >= 11 is 6.01. The number of piperazine rings is 1. The molecular formula is C25H29ClN4O2. The molecule has 2 aliphatic rings. The number of aryl methyl sites for hydroxylation is 1. The second-order valence-corrected chi connectivity index (χ2v) is 8.85. The zero-order valence-electron chi connectivity index (χ0n) is 18.4. The summed E-state index contributed by atoms with van der Waals surface area (Å²) in [6.07, 6.45) is 1.87. The van der Waals surface area contributed by atoms with Gasteiger partial charge in [-0.05, 0) is 61.2 Å². The molecule has 5 rings (SSSR count). The number of H-pyrrole nitrogens is 1. The standard InChI is InChI=1S/C24H27ClN4O.CH2O/c1-16-13-17(14-21-22(16)23-20(24(30)27-21)3-2-8-26-23)15-28-9-11-29(12-10-28)19-6-4-18(25)5-7-19;1-2/h4-7,13-14,26H,2-3,8-12,15H2,1H3,(H,27,30);1H2. The van der Waals surface area contributed by atoms with Crippen molar-refractivity contribution in [3.8, 4) is 0 Å². The van der Waals surface area contributed by atoms with Crippen molar-refractivity contribution >= 4 is 40.7 Å². The molecule has 0 aliphatic carbocycles. The molecule has 0 unspecified atom stereocenters. The number of nitrogens with one attached hydrogen (secondary N) is 2. The van der Waals surface area contributed by atoms with E-state index in [1.165, 1.54) is 22.2 Å². The molecule has 1 aromatic heterocycles. The Hall–Kier alpha value is -2.83. The summed E-state index contributed by atoms with van der Waals surface area (Å²) in [5, 5.41) is 5.41. The van der Waals surface area contributed by atoms with Crippen molar-refractivity contribution in [1.82, 2.24) is 9.88 Å². The van der Waals surface area contributed by atoms with Gasteiger partial charge in [0.15, 0.2) is 0 Å². The first-order valence-electron chi connectivity index (χ1n) is 11.0. The van der Waals surface area contributed by atoms with Crippen LogP contribution in [0.3, 0.4) is 0 Å². The predicted molar refractivity (Wildman–Crippen MR) is 132 cm³/mol. The minimum atomic E-state index is 0.0535. The van der Waals surface area contributed by atoms with Gasteiger partial charge in [-0.3, -0.25) is 9.69 Å². The maximum Gasteiger partial charge on any atom is 0.253 e. The number of rotatable bonds is 3. The van der Waals surface area contributed by atoms with Crippen LogP contribution in [0.15, 0.2) is 41.2 Å². The Morgan fingerprint density at radius 3 is 2.50 bits per heavy atom. The first kappa shape index (κ1) is 22.4. The Morgan fingerprint density at radius 1 is 1.06 bits per heavy atom. The van der Waals surface area contributed by atoms with Crippen molar-refractivity contribution in [3.63, 3.8) is 0 Å². The van der Waals surface area contributed by atoms with Gasteiger partial charge in [0, 0.05) is 60.9 Å². The molecule has 0 spiro atoms. The minimum absolute atomic E-state index is 0.0535. The molecule has 0 atom stereocenters. The van der Waals surface area contributed by atoms with E-state index in [1.54, 1.807) is 0 Å². The van der Waals surface area contributed by atoms with E-state index in [1.807, 2.05) is 18.9 Å². The molecule has 2 N–H and O–H groups in total. The Bertz CT molecular complexity index is 1150. The maximum absolute atomic E-state index is 12.6. The fraction of sp³-hybridized carbons (Fsp3) is 0.360. The van der Waals surface area contributed by atoms with Gasteiger partial charge >= 0.3 is 0 Å². The third-order valence-corrected chi connectivity index (χ3v) is 6.60. The molecule has 0 radical (unpaired) electrons. The molecule has 7 heteroatoms. The molecule has 3 heterocycles. The lowest BCUT2D eigenvalue weighted by atomic mass is 9.97. The summed E-state index contributed by atoms with van der Waals surface area (Å²) in [6.45, 7) is 10.0. The molecule has 0 bridgehead atoms. The number of nitrogens with zero attached hydrogens (tertiary/aromatic N) is 2. The number of pyridine rings is 1. The van der Waals surface area contributed by atoms with Gasteiger partial charge in [0.25, 0.3) is 5.56 Å². The summed E-state index contributed by atoms with van der Waals surface area (Å²) in [7, 11) is 0. The van der Waals surface area contributed by atoms with E-state index in [4.69, 9.17) is 16.4 Å². The zero-order valence-corrected chi connectivity index (χ0v) is 19.2. The number of hydrogen-bond donors (Lipinski definition) is 2. The first-order valence-corrected chi connectivity index (χ1v) is 11.4. The lowest BCUT2D eigenvalue weighted by Gasteiger charge is -2.36. The van der Waals surface area contributed by atoms with E-state index in [2.05, 4.69) is 51.3 Å². The zero-order chi connectivity index (χ0) is 22.7. The average molecular weight is 453 g/mol. The van der Waals surface area contributed by atoms with Crippen LogP contribution in [0.4, 0.5) is 11.4 Å². The smallest absolute Gasteiger partial charge is 0.253 e. The monoisotopic (exact) mass is 452 g/mol. The van der Waals surface area contributed by atoms with Gasteiger partial charge < -0.3 is 20.0 Å². The van der Waals surface area contributed by atoms with E-state index in [0.29, 0.717) is 0 Å². The number of halogens is 1. The van der Waals surface area contributed by atoms with Gasteiger partial charge in [-0.15, -0.1) is 0 Å². The van der Waals surface area contributed by atoms with Gasteiger partial charge in [-0.25, -0.2) is 0 Å². The maximum atomic E-state index is 12.6. The molecular weight excluding hydrogens is 424 g/mol. The van der Waals surface area contributed by atoms with Crippen molar-refractivity contribution in [2.45, 2.75) is 26.3 Å². The lowest BCUT2D eigenvalue weighted by Crippen LogP contribution is -2.45. The van der Waals surface area contributed by atoms with E-state index in [9.17, 15) is 4.79 Å². The van der Waals surface area contributed by atoms with Gasteiger partial charge in [0.1, 0.15) is 6.79 Å². The Kier molecular flexibility index (Phi) is 6.82. The summed E-state index contributed by atoms with van der Waals surface area (Å²) < 4.78 is 0. The molecule has 6 nitrogen and oxygen atoms in total. The van der Waals surface area contributed by atoms with Crippen molar-refractivity contribution in [2.24, 2.45) is 0 Å². The largest absolute Gasteiger partial charge is 0.384 e. The fourth-order valence-electron chi connectivity index (χ4n) is 4.83. The minimum Gasteiger partial charge on any atom is -0.384 e. The van der Waals surface area contributed by atoms with Crippen LogP contribution in [0.1, 0.15) is 23.1 Å². The number of carbonyl (C=O) groups is 1. The fourth-order valence-corrected chi connectivity index (χ4v) is 4.96. The molecule has 0 amide bonds. The highest BCUT2D eigenvalue weighted by molar-refractivity contribution is 6.30. The summed E-state index contributed by atoms with van der Waals surface area (Å²) in [6, 6.07) is 12.5. The number of benzene rings is 2. The first-order chi connectivity index (χ1) is 15.6. The van der Waals surface area contributed by atoms with Gasteiger partial charge in [0.05, 0.1) is 11.2 Å². The number of aromatic amines is 1. The number of fused-ring (bicyclic) bond motifs is 3.